The van der Waals surface area contributed by atoms with E-state index in [-0.39, 0.29) is 5.56 Å². The summed E-state index contributed by atoms with van der Waals surface area (Å²) >= 11 is 5.87. The third kappa shape index (κ3) is 2.33. The Morgan fingerprint density at radius 2 is 2.15 bits per heavy atom. The summed E-state index contributed by atoms with van der Waals surface area (Å²) in [4.78, 5) is 19.3. The molecule has 3 heterocycles. The van der Waals surface area contributed by atoms with Crippen LogP contribution in [0.1, 0.15) is 16.1 Å². The number of carboxylic acid groups (broad SMARTS) is 1. The van der Waals surface area contributed by atoms with Gasteiger partial charge in [-0.2, -0.15) is 5.10 Å². The summed E-state index contributed by atoms with van der Waals surface area (Å²) in [7, 11) is 0. The van der Waals surface area contributed by atoms with E-state index >= 15 is 0 Å². The molecule has 0 spiro atoms. The van der Waals surface area contributed by atoms with Gasteiger partial charge in [0.1, 0.15) is 0 Å². The van der Waals surface area contributed by atoms with E-state index in [4.69, 9.17) is 16.7 Å². The van der Waals surface area contributed by atoms with Crippen molar-refractivity contribution < 1.29 is 9.90 Å². The van der Waals surface area contributed by atoms with Crippen LogP contribution in [0.5, 0.6) is 0 Å². The molecule has 0 saturated carbocycles. The molecule has 3 aromatic rings. The quantitative estimate of drug-likeness (QED) is 0.799. The third-order valence-electron chi connectivity index (χ3n) is 2.82. The van der Waals surface area contributed by atoms with E-state index in [1.807, 2.05) is 0 Å². The number of carbonyl (C=O) groups is 1. The second-order valence-corrected chi connectivity index (χ2v) is 4.65. The first-order valence-electron chi connectivity index (χ1n) is 5.79. The van der Waals surface area contributed by atoms with Crippen molar-refractivity contribution in [2.75, 3.05) is 0 Å². The molecular formula is C13H9ClN4O2. The van der Waals surface area contributed by atoms with Crippen molar-refractivity contribution in [1.82, 2.24) is 19.7 Å². The minimum absolute atomic E-state index is 0.197. The van der Waals surface area contributed by atoms with E-state index < -0.39 is 5.97 Å². The molecule has 20 heavy (non-hydrogen) atoms. The van der Waals surface area contributed by atoms with Crippen molar-refractivity contribution in [1.29, 1.82) is 0 Å². The molecular weight excluding hydrogens is 280 g/mol. The fraction of sp³-hybridized carbons (Fsp3) is 0.0769. The summed E-state index contributed by atoms with van der Waals surface area (Å²) in [5.74, 6) is -0.983. The molecule has 0 amide bonds. The molecule has 0 aliphatic heterocycles. The smallest absolute Gasteiger partial charge is 0.335 e. The first-order valence-corrected chi connectivity index (χ1v) is 6.16. The molecule has 100 valence electrons. The van der Waals surface area contributed by atoms with Crippen LogP contribution in [0.15, 0.2) is 36.8 Å². The SMILES string of the molecule is O=C(O)c1ccnc(Cn2ncc3cc(Cl)cnc32)c1. The van der Waals surface area contributed by atoms with Crippen molar-refractivity contribution in [2.45, 2.75) is 6.54 Å². The molecule has 0 aromatic carbocycles. The third-order valence-corrected chi connectivity index (χ3v) is 3.02. The normalized spacial score (nSPS) is 10.8. The highest BCUT2D eigenvalue weighted by atomic mass is 35.5. The minimum atomic E-state index is -0.983. The lowest BCUT2D eigenvalue weighted by atomic mass is 10.2. The molecule has 7 heteroatoms. The molecule has 0 bridgehead atoms. The summed E-state index contributed by atoms with van der Waals surface area (Å²) < 4.78 is 1.65. The van der Waals surface area contributed by atoms with Gasteiger partial charge < -0.3 is 5.11 Å². The van der Waals surface area contributed by atoms with E-state index in [1.54, 1.807) is 23.1 Å². The number of hydrogen-bond donors (Lipinski definition) is 1. The van der Waals surface area contributed by atoms with Gasteiger partial charge in [0.2, 0.25) is 0 Å². The van der Waals surface area contributed by atoms with Gasteiger partial charge in [-0.15, -0.1) is 0 Å². The number of nitrogens with zero attached hydrogens (tertiary/aromatic N) is 4. The molecule has 0 aliphatic rings. The zero-order chi connectivity index (χ0) is 14.1. The number of fused-ring (bicyclic) bond motifs is 1. The largest absolute Gasteiger partial charge is 0.478 e. The topological polar surface area (TPSA) is 80.9 Å². The van der Waals surface area contributed by atoms with Crippen LogP contribution < -0.4 is 0 Å². The van der Waals surface area contributed by atoms with Gasteiger partial charge in [0.15, 0.2) is 5.65 Å². The lowest BCUT2D eigenvalue weighted by Gasteiger charge is -2.03. The van der Waals surface area contributed by atoms with Crippen molar-refractivity contribution in [3.8, 4) is 0 Å². The van der Waals surface area contributed by atoms with Crippen LogP contribution in [0.3, 0.4) is 0 Å². The molecule has 0 saturated heterocycles. The maximum atomic E-state index is 10.9. The summed E-state index contributed by atoms with van der Waals surface area (Å²) in [6, 6.07) is 4.74. The van der Waals surface area contributed by atoms with Crippen LogP contribution >= 0.6 is 11.6 Å². The maximum absolute atomic E-state index is 10.9. The van der Waals surface area contributed by atoms with E-state index in [9.17, 15) is 4.79 Å². The van der Waals surface area contributed by atoms with Gasteiger partial charge >= 0.3 is 5.97 Å². The fourth-order valence-corrected chi connectivity index (χ4v) is 2.08. The van der Waals surface area contributed by atoms with Crippen molar-refractivity contribution >= 4 is 28.6 Å². The van der Waals surface area contributed by atoms with Gasteiger partial charge in [-0.1, -0.05) is 11.6 Å². The number of rotatable bonds is 3. The Kier molecular flexibility index (Phi) is 3.08. The molecule has 3 aromatic heterocycles. The highest BCUT2D eigenvalue weighted by Gasteiger charge is 2.08. The second-order valence-electron chi connectivity index (χ2n) is 4.21. The Morgan fingerprint density at radius 1 is 1.30 bits per heavy atom. The zero-order valence-corrected chi connectivity index (χ0v) is 10.9. The Bertz CT molecular complexity index is 800. The first-order chi connectivity index (χ1) is 9.63. The van der Waals surface area contributed by atoms with Gasteiger partial charge in [-0.3, -0.25) is 4.98 Å². The molecule has 1 N–H and O–H groups in total. The zero-order valence-electron chi connectivity index (χ0n) is 10.2. The number of aromatic nitrogens is 4. The predicted molar refractivity (Wildman–Crippen MR) is 72.8 cm³/mol. The average molecular weight is 289 g/mol. The van der Waals surface area contributed by atoms with E-state index in [1.165, 1.54) is 18.3 Å². The summed E-state index contributed by atoms with van der Waals surface area (Å²) in [5, 5.41) is 14.5. The van der Waals surface area contributed by atoms with Gasteiger partial charge in [0.25, 0.3) is 0 Å². The van der Waals surface area contributed by atoms with Crippen LogP contribution in [0.25, 0.3) is 11.0 Å². The molecule has 3 rings (SSSR count). The number of hydrogen-bond acceptors (Lipinski definition) is 4. The highest BCUT2D eigenvalue weighted by Crippen LogP contribution is 2.17. The number of carboxylic acids is 1. The van der Waals surface area contributed by atoms with Gasteiger partial charge in [0, 0.05) is 17.8 Å². The average Bonchev–Trinajstić information content (AvgIpc) is 2.81. The number of pyridine rings is 2. The van der Waals surface area contributed by atoms with Crippen LogP contribution in [0, 0.1) is 0 Å². The Balaban J connectivity index is 1.97. The molecule has 0 fully saturated rings. The standard InChI is InChI=1S/C13H9ClN4O2/c14-10-3-9-5-17-18(12(9)16-6-10)7-11-4-8(13(19)20)1-2-15-11/h1-6H,7H2,(H,19,20). The summed E-state index contributed by atoms with van der Waals surface area (Å²) in [6.45, 7) is 0.346. The molecule has 0 unspecified atom stereocenters. The lowest BCUT2D eigenvalue weighted by molar-refractivity contribution is 0.0696. The first kappa shape index (κ1) is 12.6. The van der Waals surface area contributed by atoms with Gasteiger partial charge in [-0.05, 0) is 18.2 Å². The van der Waals surface area contributed by atoms with Gasteiger partial charge in [-0.25, -0.2) is 14.5 Å². The van der Waals surface area contributed by atoms with Crippen LogP contribution in [0.4, 0.5) is 0 Å². The molecule has 0 atom stereocenters. The Labute approximate surface area is 118 Å². The van der Waals surface area contributed by atoms with E-state index in [0.717, 1.165) is 5.39 Å². The number of halogens is 1. The monoisotopic (exact) mass is 288 g/mol. The minimum Gasteiger partial charge on any atom is -0.478 e. The lowest BCUT2D eigenvalue weighted by Crippen LogP contribution is -2.06. The second kappa shape index (κ2) is 4.90. The molecule has 6 nitrogen and oxygen atoms in total. The predicted octanol–water partition coefficient (Wildman–Crippen LogP) is 2.23. The summed E-state index contributed by atoms with van der Waals surface area (Å²) in [5.41, 5.74) is 1.48. The van der Waals surface area contributed by atoms with Gasteiger partial charge in [0.05, 0.1) is 29.0 Å². The van der Waals surface area contributed by atoms with Crippen LogP contribution in [0.2, 0.25) is 5.02 Å². The maximum Gasteiger partial charge on any atom is 0.335 e. The highest BCUT2D eigenvalue weighted by molar-refractivity contribution is 6.31. The van der Waals surface area contributed by atoms with Crippen molar-refractivity contribution in [3.63, 3.8) is 0 Å². The fourth-order valence-electron chi connectivity index (χ4n) is 1.91. The number of aromatic carboxylic acids is 1. The Morgan fingerprint density at radius 3 is 2.95 bits per heavy atom. The van der Waals surface area contributed by atoms with Crippen molar-refractivity contribution in [2.24, 2.45) is 0 Å². The summed E-state index contributed by atoms with van der Waals surface area (Å²) in [6.07, 6.45) is 4.67. The van der Waals surface area contributed by atoms with Crippen LogP contribution in [-0.2, 0) is 6.54 Å². The Hall–Kier alpha value is -2.47. The van der Waals surface area contributed by atoms with Crippen LogP contribution in [-0.4, -0.2) is 30.8 Å². The van der Waals surface area contributed by atoms with E-state index in [0.29, 0.717) is 22.9 Å². The van der Waals surface area contributed by atoms with E-state index in [2.05, 4.69) is 15.1 Å². The van der Waals surface area contributed by atoms with Crippen molar-refractivity contribution in [3.05, 3.63) is 53.1 Å². The molecule has 0 radical (unpaired) electrons. The molecule has 0 aliphatic carbocycles.